The molecule has 0 bridgehead atoms. The molecule has 0 aliphatic heterocycles. The van der Waals surface area contributed by atoms with Crippen molar-refractivity contribution in [2.75, 3.05) is 0 Å². The number of benzene rings is 1. The highest BCUT2D eigenvalue weighted by molar-refractivity contribution is 6.42. The maximum atomic E-state index is 11.0. The standard InChI is InChI=1S/C22H21Cl2N3O/c1-22(2)15(7-9-28)10-17(22)21-12-20(14-4-3-8-25-13-14)26-27(21)16-5-6-18(23)19(24)11-16/h3-6,8-9,11-13,15,17H,7,10H2,1-2H3/t15-,17-/m0/s1. The first-order valence-electron chi connectivity index (χ1n) is 9.31. The van der Waals surface area contributed by atoms with Crippen LogP contribution in [0.1, 0.15) is 38.3 Å². The highest BCUT2D eigenvalue weighted by Gasteiger charge is 2.49. The first kappa shape index (κ1) is 19.2. The summed E-state index contributed by atoms with van der Waals surface area (Å²) < 4.78 is 1.95. The summed E-state index contributed by atoms with van der Waals surface area (Å²) in [7, 11) is 0. The molecule has 144 valence electrons. The topological polar surface area (TPSA) is 47.8 Å². The van der Waals surface area contributed by atoms with E-state index in [1.807, 2.05) is 35.1 Å². The van der Waals surface area contributed by atoms with Crippen molar-refractivity contribution in [1.82, 2.24) is 14.8 Å². The van der Waals surface area contributed by atoms with Crippen LogP contribution in [0.5, 0.6) is 0 Å². The Morgan fingerprint density at radius 1 is 1.21 bits per heavy atom. The number of halogens is 2. The average Bonchev–Trinajstić information content (AvgIpc) is 3.12. The number of pyridine rings is 1. The van der Waals surface area contributed by atoms with Crippen LogP contribution >= 0.6 is 23.2 Å². The lowest BCUT2D eigenvalue weighted by Gasteiger charge is -2.52. The molecule has 0 spiro atoms. The van der Waals surface area contributed by atoms with Crippen molar-refractivity contribution >= 4 is 29.5 Å². The SMILES string of the molecule is CC1(C)[C@@H](CC=O)C[C@H]1c1cc(-c2cccnc2)nn1-c1ccc(Cl)c(Cl)c1. The lowest BCUT2D eigenvalue weighted by atomic mass is 9.53. The first-order chi connectivity index (χ1) is 13.4. The molecule has 1 aliphatic rings. The maximum absolute atomic E-state index is 11.0. The van der Waals surface area contributed by atoms with Gasteiger partial charge in [-0.05, 0) is 54.2 Å². The van der Waals surface area contributed by atoms with Crippen LogP contribution in [-0.2, 0) is 4.79 Å². The lowest BCUT2D eigenvalue weighted by molar-refractivity contribution is -0.111. The van der Waals surface area contributed by atoms with E-state index in [1.165, 1.54) is 0 Å². The molecule has 4 nitrogen and oxygen atoms in total. The van der Waals surface area contributed by atoms with E-state index in [0.717, 1.165) is 35.3 Å². The molecule has 2 atom stereocenters. The Bertz CT molecular complexity index is 1010. The predicted octanol–water partition coefficient (Wildman–Crippen LogP) is 5.96. The minimum absolute atomic E-state index is 0.0150. The number of rotatable bonds is 5. The van der Waals surface area contributed by atoms with Gasteiger partial charge in [-0.1, -0.05) is 37.0 Å². The zero-order valence-corrected chi connectivity index (χ0v) is 17.3. The fourth-order valence-corrected chi connectivity index (χ4v) is 4.45. The van der Waals surface area contributed by atoms with E-state index >= 15 is 0 Å². The van der Waals surface area contributed by atoms with Crippen molar-refractivity contribution in [3.8, 4) is 16.9 Å². The molecular weight excluding hydrogens is 393 g/mol. The van der Waals surface area contributed by atoms with Crippen molar-refractivity contribution in [2.45, 2.75) is 32.6 Å². The monoisotopic (exact) mass is 413 g/mol. The van der Waals surface area contributed by atoms with Crippen molar-refractivity contribution in [3.63, 3.8) is 0 Å². The molecule has 1 saturated carbocycles. The molecule has 6 heteroatoms. The number of aromatic nitrogens is 3. The number of aldehydes is 1. The second-order valence-electron chi connectivity index (χ2n) is 7.92. The summed E-state index contributed by atoms with van der Waals surface area (Å²) in [6.45, 7) is 4.45. The second kappa shape index (κ2) is 7.34. The molecule has 2 aromatic heterocycles. The van der Waals surface area contributed by atoms with Crippen LogP contribution in [0.3, 0.4) is 0 Å². The molecule has 3 aromatic rings. The number of nitrogens with zero attached hydrogens (tertiary/aromatic N) is 3. The van der Waals surface area contributed by atoms with Crippen LogP contribution in [0.25, 0.3) is 16.9 Å². The zero-order valence-electron chi connectivity index (χ0n) is 15.8. The number of hydrogen-bond donors (Lipinski definition) is 0. The van der Waals surface area contributed by atoms with Crippen LogP contribution in [-0.4, -0.2) is 21.1 Å². The van der Waals surface area contributed by atoms with E-state index in [4.69, 9.17) is 28.3 Å². The van der Waals surface area contributed by atoms with Crippen LogP contribution < -0.4 is 0 Å². The van der Waals surface area contributed by atoms with Crippen LogP contribution in [0, 0.1) is 11.3 Å². The second-order valence-corrected chi connectivity index (χ2v) is 8.73. The number of hydrogen-bond acceptors (Lipinski definition) is 3. The first-order valence-corrected chi connectivity index (χ1v) is 10.1. The predicted molar refractivity (Wildman–Crippen MR) is 112 cm³/mol. The third-order valence-corrected chi connectivity index (χ3v) is 6.79. The van der Waals surface area contributed by atoms with E-state index in [-0.39, 0.29) is 5.41 Å². The van der Waals surface area contributed by atoms with Crippen molar-refractivity contribution in [2.24, 2.45) is 11.3 Å². The maximum Gasteiger partial charge on any atom is 0.120 e. The highest BCUT2D eigenvalue weighted by atomic mass is 35.5. The highest BCUT2D eigenvalue weighted by Crippen LogP contribution is 2.58. The van der Waals surface area contributed by atoms with Gasteiger partial charge in [0.15, 0.2) is 0 Å². The minimum Gasteiger partial charge on any atom is -0.303 e. The molecule has 4 rings (SSSR count). The van der Waals surface area contributed by atoms with E-state index in [1.54, 1.807) is 12.3 Å². The Hall–Kier alpha value is -2.17. The summed E-state index contributed by atoms with van der Waals surface area (Å²) in [4.78, 5) is 15.3. The smallest absolute Gasteiger partial charge is 0.120 e. The summed E-state index contributed by atoms with van der Waals surface area (Å²) >= 11 is 12.4. The molecular formula is C22H21Cl2N3O. The molecule has 0 saturated heterocycles. The van der Waals surface area contributed by atoms with Gasteiger partial charge < -0.3 is 4.79 Å². The summed E-state index contributed by atoms with van der Waals surface area (Å²) in [5, 5.41) is 5.88. The fraction of sp³-hybridized carbons (Fsp3) is 0.318. The Morgan fingerprint density at radius 2 is 2.04 bits per heavy atom. The Labute approximate surface area is 174 Å². The van der Waals surface area contributed by atoms with Crippen molar-refractivity contribution in [1.29, 1.82) is 0 Å². The van der Waals surface area contributed by atoms with E-state index < -0.39 is 0 Å². The van der Waals surface area contributed by atoms with Gasteiger partial charge in [-0.3, -0.25) is 4.98 Å². The van der Waals surface area contributed by atoms with Gasteiger partial charge in [-0.25, -0.2) is 4.68 Å². The summed E-state index contributed by atoms with van der Waals surface area (Å²) in [5.41, 5.74) is 3.83. The van der Waals surface area contributed by atoms with E-state index in [2.05, 4.69) is 24.9 Å². The normalized spacial score (nSPS) is 20.6. The molecule has 1 fully saturated rings. The molecule has 2 heterocycles. The minimum atomic E-state index is 0.0150. The molecule has 0 amide bonds. The zero-order chi connectivity index (χ0) is 19.9. The molecule has 0 radical (unpaired) electrons. The van der Waals surface area contributed by atoms with Gasteiger partial charge in [-0.15, -0.1) is 0 Å². The van der Waals surface area contributed by atoms with Gasteiger partial charge >= 0.3 is 0 Å². The summed E-state index contributed by atoms with van der Waals surface area (Å²) in [6.07, 6.45) is 6.15. The molecule has 0 N–H and O–H groups in total. The average molecular weight is 414 g/mol. The molecule has 28 heavy (non-hydrogen) atoms. The largest absolute Gasteiger partial charge is 0.303 e. The molecule has 1 aliphatic carbocycles. The molecule has 0 unspecified atom stereocenters. The van der Waals surface area contributed by atoms with Gasteiger partial charge in [0.1, 0.15) is 6.29 Å². The Balaban J connectivity index is 1.81. The quantitative estimate of drug-likeness (QED) is 0.484. The van der Waals surface area contributed by atoms with Gasteiger partial charge in [-0.2, -0.15) is 5.10 Å². The summed E-state index contributed by atoms with van der Waals surface area (Å²) in [6, 6.07) is 11.6. The van der Waals surface area contributed by atoms with Gasteiger partial charge in [0, 0.05) is 36.0 Å². The van der Waals surface area contributed by atoms with Gasteiger partial charge in [0.2, 0.25) is 0 Å². The van der Waals surface area contributed by atoms with Gasteiger partial charge in [0.05, 0.1) is 21.4 Å². The lowest BCUT2D eigenvalue weighted by Crippen LogP contribution is -2.44. The Morgan fingerprint density at radius 3 is 2.68 bits per heavy atom. The number of carbonyl (C=O) groups is 1. The fourth-order valence-electron chi connectivity index (χ4n) is 4.16. The van der Waals surface area contributed by atoms with Crippen LogP contribution in [0.2, 0.25) is 10.0 Å². The van der Waals surface area contributed by atoms with Crippen molar-refractivity contribution in [3.05, 3.63) is 64.5 Å². The van der Waals surface area contributed by atoms with Gasteiger partial charge in [0.25, 0.3) is 0 Å². The van der Waals surface area contributed by atoms with Crippen LogP contribution in [0.4, 0.5) is 0 Å². The van der Waals surface area contributed by atoms with Crippen LogP contribution in [0.15, 0.2) is 48.8 Å². The number of carbonyl (C=O) groups excluding carboxylic acids is 1. The summed E-state index contributed by atoms with van der Waals surface area (Å²) in [5.74, 6) is 0.679. The van der Waals surface area contributed by atoms with Crippen molar-refractivity contribution < 1.29 is 4.79 Å². The van der Waals surface area contributed by atoms with E-state index in [0.29, 0.717) is 28.3 Å². The third kappa shape index (κ3) is 3.25. The molecule has 1 aromatic carbocycles. The third-order valence-electron chi connectivity index (χ3n) is 6.05. The Kier molecular flexibility index (Phi) is 5.02. The van der Waals surface area contributed by atoms with E-state index in [9.17, 15) is 4.79 Å².